The van der Waals surface area contributed by atoms with E-state index in [0.717, 1.165) is 39.2 Å². The molecular weight excluding hydrogens is 653 g/mol. The Bertz CT molecular complexity index is 2890. The molecule has 1 heterocycles. The summed E-state index contributed by atoms with van der Waals surface area (Å²) in [4.78, 5) is 10.5. The maximum atomic E-state index is 5.30. The topological polar surface area (TPSA) is 25.8 Å². The summed E-state index contributed by atoms with van der Waals surface area (Å²) in [5.41, 5.74) is 11.9. The van der Waals surface area contributed by atoms with Crippen molar-refractivity contribution < 1.29 is 0 Å². The molecule has 2 heteroatoms. The molecule has 0 N–H and O–H groups in total. The van der Waals surface area contributed by atoms with Crippen molar-refractivity contribution in [2.75, 3.05) is 0 Å². The highest BCUT2D eigenvalue weighted by atomic mass is 14.9. The molecule has 2 nitrogen and oxygen atoms in total. The molecule has 252 valence electrons. The van der Waals surface area contributed by atoms with Crippen LogP contribution in [0.25, 0.3) is 99.6 Å². The molecule has 10 rings (SSSR count). The highest BCUT2D eigenvalue weighted by Gasteiger charge is 2.16. The summed E-state index contributed by atoms with van der Waals surface area (Å²) >= 11 is 0. The van der Waals surface area contributed by atoms with Gasteiger partial charge in [-0.25, -0.2) is 9.97 Å². The molecular formula is C52H34N2. The lowest BCUT2D eigenvalue weighted by atomic mass is 9.89. The van der Waals surface area contributed by atoms with Gasteiger partial charge in [0.15, 0.2) is 5.82 Å². The molecule has 0 bridgehead atoms. The van der Waals surface area contributed by atoms with Crippen LogP contribution in [0.2, 0.25) is 0 Å². The van der Waals surface area contributed by atoms with E-state index in [9.17, 15) is 0 Å². The monoisotopic (exact) mass is 686 g/mol. The van der Waals surface area contributed by atoms with Gasteiger partial charge in [0.1, 0.15) is 0 Å². The van der Waals surface area contributed by atoms with Crippen LogP contribution in [0.5, 0.6) is 0 Å². The summed E-state index contributed by atoms with van der Waals surface area (Å²) in [7, 11) is 0. The highest BCUT2D eigenvalue weighted by Crippen LogP contribution is 2.41. The van der Waals surface area contributed by atoms with E-state index in [1.165, 1.54) is 54.6 Å². The van der Waals surface area contributed by atoms with Gasteiger partial charge in [0.25, 0.3) is 0 Å². The van der Waals surface area contributed by atoms with Crippen LogP contribution >= 0.6 is 0 Å². The minimum absolute atomic E-state index is 0.692. The van der Waals surface area contributed by atoms with Gasteiger partial charge in [0, 0.05) is 16.7 Å². The third-order valence-corrected chi connectivity index (χ3v) is 10.4. The van der Waals surface area contributed by atoms with Crippen LogP contribution in [0.4, 0.5) is 0 Å². The Balaban J connectivity index is 1.15. The van der Waals surface area contributed by atoms with E-state index in [4.69, 9.17) is 9.97 Å². The molecule has 0 aliphatic heterocycles. The van der Waals surface area contributed by atoms with Gasteiger partial charge < -0.3 is 0 Å². The molecule has 10 aromatic rings. The average molecular weight is 687 g/mol. The quantitative estimate of drug-likeness (QED) is 0.129. The lowest BCUT2D eigenvalue weighted by Gasteiger charge is -2.15. The van der Waals surface area contributed by atoms with Crippen molar-refractivity contribution in [1.82, 2.24) is 9.97 Å². The first-order valence-electron chi connectivity index (χ1n) is 18.4. The molecule has 0 saturated heterocycles. The molecule has 0 atom stereocenters. The Kier molecular flexibility index (Phi) is 7.85. The Hall–Kier alpha value is -7.16. The highest BCUT2D eigenvalue weighted by molar-refractivity contribution is 6.21. The van der Waals surface area contributed by atoms with Gasteiger partial charge in [-0.1, -0.05) is 176 Å². The second-order valence-corrected chi connectivity index (χ2v) is 13.8. The molecule has 0 aliphatic rings. The van der Waals surface area contributed by atoms with Gasteiger partial charge in [-0.3, -0.25) is 0 Å². The fraction of sp³-hybridized carbons (Fsp3) is 0. The lowest BCUT2D eigenvalue weighted by Crippen LogP contribution is -1.97. The lowest BCUT2D eigenvalue weighted by molar-refractivity contribution is 1.18. The van der Waals surface area contributed by atoms with E-state index in [0.29, 0.717) is 5.82 Å². The van der Waals surface area contributed by atoms with Crippen LogP contribution in [0, 0.1) is 0 Å². The van der Waals surface area contributed by atoms with Crippen LogP contribution in [0.3, 0.4) is 0 Å². The van der Waals surface area contributed by atoms with E-state index in [-0.39, 0.29) is 0 Å². The molecule has 9 aromatic carbocycles. The van der Waals surface area contributed by atoms with Crippen LogP contribution in [0.1, 0.15) is 0 Å². The van der Waals surface area contributed by atoms with Crippen LogP contribution in [-0.2, 0) is 0 Å². The van der Waals surface area contributed by atoms with Crippen molar-refractivity contribution in [2.24, 2.45) is 0 Å². The standard InChI is InChI=1S/C52H34N2/c1-4-14-35(15-5-1)43-31-44(36-16-6-2-7-17-36)33-45(32-43)49-34-48(38-19-8-3-9-20-38)53-52(54-49)40-27-25-39(26-28-40)50-47-23-13-11-21-41(47)30-42-29-24-37-18-10-12-22-46(37)51(42)50/h1-34H. The molecule has 0 aliphatic carbocycles. The third kappa shape index (κ3) is 5.81. The van der Waals surface area contributed by atoms with Crippen LogP contribution < -0.4 is 0 Å². The van der Waals surface area contributed by atoms with Crippen LogP contribution in [0.15, 0.2) is 206 Å². The van der Waals surface area contributed by atoms with Crippen molar-refractivity contribution in [1.29, 1.82) is 0 Å². The second-order valence-electron chi connectivity index (χ2n) is 13.8. The zero-order chi connectivity index (χ0) is 35.8. The fourth-order valence-electron chi connectivity index (χ4n) is 7.78. The SMILES string of the molecule is c1ccc(-c2cc(-c3ccccc3)cc(-c3cc(-c4ccccc4)nc(-c4ccc(-c5c6ccccc6cc6ccc7ccccc7c56)cc4)n3)c2)cc1. The van der Waals surface area contributed by atoms with E-state index >= 15 is 0 Å². The number of aromatic nitrogens is 2. The van der Waals surface area contributed by atoms with E-state index in [1.54, 1.807) is 0 Å². The van der Waals surface area contributed by atoms with Crippen molar-refractivity contribution in [3.05, 3.63) is 206 Å². The maximum Gasteiger partial charge on any atom is 0.160 e. The third-order valence-electron chi connectivity index (χ3n) is 10.4. The Morgan fingerprint density at radius 2 is 0.741 bits per heavy atom. The van der Waals surface area contributed by atoms with Gasteiger partial charge in [0.05, 0.1) is 11.4 Å². The zero-order valence-corrected chi connectivity index (χ0v) is 29.5. The summed E-state index contributed by atoms with van der Waals surface area (Å²) in [6, 6.07) is 73.5. The number of hydrogen-bond acceptors (Lipinski definition) is 2. The number of fused-ring (bicyclic) bond motifs is 4. The maximum absolute atomic E-state index is 5.30. The van der Waals surface area contributed by atoms with Gasteiger partial charge in [-0.05, 0) is 96.0 Å². The van der Waals surface area contributed by atoms with Crippen molar-refractivity contribution >= 4 is 32.3 Å². The van der Waals surface area contributed by atoms with Gasteiger partial charge in [-0.15, -0.1) is 0 Å². The molecule has 0 saturated carbocycles. The zero-order valence-electron chi connectivity index (χ0n) is 29.5. The molecule has 0 fully saturated rings. The van der Waals surface area contributed by atoms with Crippen molar-refractivity contribution in [2.45, 2.75) is 0 Å². The number of hydrogen-bond donors (Lipinski definition) is 0. The van der Waals surface area contributed by atoms with E-state index in [1.807, 2.05) is 6.07 Å². The fourth-order valence-corrected chi connectivity index (χ4v) is 7.78. The number of benzene rings is 9. The molecule has 0 amide bonds. The predicted molar refractivity (Wildman–Crippen MR) is 227 cm³/mol. The Labute approximate surface area is 314 Å². The summed E-state index contributed by atoms with van der Waals surface area (Å²) in [5.74, 6) is 0.692. The van der Waals surface area contributed by atoms with Gasteiger partial charge >= 0.3 is 0 Å². The van der Waals surface area contributed by atoms with Crippen LogP contribution in [-0.4, -0.2) is 9.97 Å². The molecule has 0 unspecified atom stereocenters. The first-order valence-corrected chi connectivity index (χ1v) is 18.4. The molecule has 0 radical (unpaired) electrons. The molecule has 0 spiro atoms. The van der Waals surface area contributed by atoms with Crippen molar-refractivity contribution in [3.8, 4) is 67.3 Å². The summed E-state index contributed by atoms with van der Waals surface area (Å²) in [6.45, 7) is 0. The minimum atomic E-state index is 0.692. The van der Waals surface area contributed by atoms with E-state index in [2.05, 4.69) is 200 Å². The Morgan fingerprint density at radius 1 is 0.259 bits per heavy atom. The van der Waals surface area contributed by atoms with Gasteiger partial charge in [-0.2, -0.15) is 0 Å². The molecule has 54 heavy (non-hydrogen) atoms. The first-order chi connectivity index (χ1) is 26.7. The molecule has 1 aromatic heterocycles. The normalized spacial score (nSPS) is 11.3. The minimum Gasteiger partial charge on any atom is -0.228 e. The predicted octanol–water partition coefficient (Wildman–Crippen LogP) is 13.9. The number of nitrogens with zero attached hydrogens (tertiary/aromatic N) is 2. The summed E-state index contributed by atoms with van der Waals surface area (Å²) < 4.78 is 0. The largest absolute Gasteiger partial charge is 0.228 e. The Morgan fingerprint density at radius 3 is 1.39 bits per heavy atom. The second kappa shape index (κ2) is 13.4. The average Bonchev–Trinajstić information content (AvgIpc) is 3.26. The van der Waals surface area contributed by atoms with Gasteiger partial charge in [0.2, 0.25) is 0 Å². The van der Waals surface area contributed by atoms with E-state index < -0.39 is 0 Å². The summed E-state index contributed by atoms with van der Waals surface area (Å²) in [6.07, 6.45) is 0. The summed E-state index contributed by atoms with van der Waals surface area (Å²) in [5, 5.41) is 7.49. The smallest absolute Gasteiger partial charge is 0.160 e. The first kappa shape index (κ1) is 31.6. The van der Waals surface area contributed by atoms with Crippen molar-refractivity contribution in [3.63, 3.8) is 0 Å². The number of rotatable bonds is 6.